The van der Waals surface area contributed by atoms with E-state index in [1.807, 2.05) is 48.5 Å². The largest absolute Gasteiger partial charge is 0.342 e. The van der Waals surface area contributed by atoms with Crippen molar-refractivity contribution < 1.29 is 4.79 Å². The molecule has 4 aromatic rings. The highest BCUT2D eigenvalue weighted by Gasteiger charge is 2.22. The average Bonchev–Trinajstić information content (AvgIpc) is 3.46. The molecule has 0 unspecified atom stereocenters. The van der Waals surface area contributed by atoms with Gasteiger partial charge >= 0.3 is 0 Å². The summed E-state index contributed by atoms with van der Waals surface area (Å²) in [6.45, 7) is 5.72. The molecule has 3 aromatic heterocycles. The van der Waals surface area contributed by atoms with E-state index in [1.54, 1.807) is 23.7 Å². The fourth-order valence-electron chi connectivity index (χ4n) is 3.96. The summed E-state index contributed by atoms with van der Waals surface area (Å²) in [5.41, 5.74) is 5.73. The van der Waals surface area contributed by atoms with Crippen molar-refractivity contribution in [2.45, 2.75) is 39.7 Å². The number of unbranched alkanes of at least 4 members (excludes halogenated alkanes) is 1. The van der Waals surface area contributed by atoms with Crippen molar-refractivity contribution in [3.63, 3.8) is 0 Å². The quantitative estimate of drug-likeness (QED) is 0.299. The van der Waals surface area contributed by atoms with Gasteiger partial charge in [0.25, 0.3) is 5.91 Å². The predicted molar refractivity (Wildman–Crippen MR) is 140 cm³/mol. The van der Waals surface area contributed by atoms with Crippen LogP contribution in [-0.2, 0) is 13.0 Å². The van der Waals surface area contributed by atoms with E-state index in [0.717, 1.165) is 65.8 Å². The molecule has 1 aromatic carbocycles. The zero-order chi connectivity index (χ0) is 23.9. The standard InChI is InChI=1S/C27H31N5OS/c1-4-5-15-31(3)26(33)23-17-25(32(20(23)2)16-13-21-10-7-6-8-11-21)24-19-34-27(30-24)29-22-12-9-14-28-18-22/h6-12,14,17-19H,4-5,13,15-16H2,1-3H3,(H,29,30). The number of thiazole rings is 1. The van der Waals surface area contributed by atoms with Crippen LogP contribution in [0.25, 0.3) is 11.4 Å². The number of amides is 1. The second kappa shape index (κ2) is 11.1. The Bertz CT molecular complexity index is 1220. The molecule has 0 radical (unpaired) electrons. The first kappa shape index (κ1) is 23.7. The summed E-state index contributed by atoms with van der Waals surface area (Å²) in [5, 5.41) is 6.16. The average molecular weight is 474 g/mol. The van der Waals surface area contributed by atoms with E-state index in [1.165, 1.54) is 5.56 Å². The number of carbonyl (C=O) groups excluding carboxylic acids is 1. The first-order chi connectivity index (χ1) is 16.6. The number of carbonyl (C=O) groups is 1. The molecule has 0 aliphatic carbocycles. The molecule has 1 amide bonds. The Balaban J connectivity index is 1.65. The maximum Gasteiger partial charge on any atom is 0.255 e. The minimum atomic E-state index is 0.0644. The van der Waals surface area contributed by atoms with Crippen LogP contribution in [-0.4, -0.2) is 38.9 Å². The predicted octanol–water partition coefficient (Wildman–Crippen LogP) is 6.17. The number of benzene rings is 1. The van der Waals surface area contributed by atoms with Crippen LogP contribution in [0.4, 0.5) is 10.8 Å². The van der Waals surface area contributed by atoms with Gasteiger partial charge in [0, 0.05) is 37.4 Å². The fraction of sp³-hybridized carbons (Fsp3) is 0.296. The minimum Gasteiger partial charge on any atom is -0.342 e. The molecule has 7 heteroatoms. The van der Waals surface area contributed by atoms with Crippen LogP contribution in [0.1, 0.15) is 41.4 Å². The molecule has 0 aliphatic heterocycles. The molecule has 1 N–H and O–H groups in total. The highest BCUT2D eigenvalue weighted by Crippen LogP contribution is 2.31. The van der Waals surface area contributed by atoms with Gasteiger partial charge in [0.2, 0.25) is 0 Å². The molecule has 34 heavy (non-hydrogen) atoms. The highest BCUT2D eigenvalue weighted by molar-refractivity contribution is 7.14. The van der Waals surface area contributed by atoms with E-state index in [9.17, 15) is 4.79 Å². The van der Waals surface area contributed by atoms with Gasteiger partial charge in [0.1, 0.15) is 0 Å². The van der Waals surface area contributed by atoms with E-state index in [2.05, 4.69) is 46.1 Å². The van der Waals surface area contributed by atoms with Crippen molar-refractivity contribution in [3.8, 4) is 11.4 Å². The summed E-state index contributed by atoms with van der Waals surface area (Å²) in [6, 6.07) is 16.3. The lowest BCUT2D eigenvalue weighted by molar-refractivity contribution is 0.0792. The molecular formula is C27H31N5OS. The molecule has 3 heterocycles. The Morgan fingerprint density at radius 1 is 1.18 bits per heavy atom. The number of hydrogen-bond donors (Lipinski definition) is 1. The number of aryl methyl sites for hydroxylation is 1. The van der Waals surface area contributed by atoms with E-state index >= 15 is 0 Å². The van der Waals surface area contributed by atoms with Crippen molar-refractivity contribution in [3.05, 3.63) is 83.1 Å². The van der Waals surface area contributed by atoms with Crippen molar-refractivity contribution in [1.29, 1.82) is 0 Å². The third-order valence-corrected chi connectivity index (χ3v) is 6.69. The zero-order valence-electron chi connectivity index (χ0n) is 20.0. The lowest BCUT2D eigenvalue weighted by atomic mass is 10.1. The maximum absolute atomic E-state index is 13.3. The maximum atomic E-state index is 13.3. The van der Waals surface area contributed by atoms with Gasteiger partial charge in [0.15, 0.2) is 5.13 Å². The summed E-state index contributed by atoms with van der Waals surface area (Å²) < 4.78 is 2.23. The first-order valence-corrected chi connectivity index (χ1v) is 12.6. The second-order valence-corrected chi connectivity index (χ2v) is 9.26. The molecular weight excluding hydrogens is 442 g/mol. The number of rotatable bonds is 10. The van der Waals surface area contributed by atoms with E-state index in [-0.39, 0.29) is 5.91 Å². The second-order valence-electron chi connectivity index (χ2n) is 8.40. The molecule has 0 fully saturated rings. The number of nitrogens with one attached hydrogen (secondary N) is 1. The monoisotopic (exact) mass is 473 g/mol. The van der Waals surface area contributed by atoms with Gasteiger partial charge in [-0.25, -0.2) is 4.98 Å². The molecule has 6 nitrogen and oxygen atoms in total. The van der Waals surface area contributed by atoms with Crippen molar-refractivity contribution in [2.75, 3.05) is 18.9 Å². The lowest BCUT2D eigenvalue weighted by Crippen LogP contribution is -2.28. The summed E-state index contributed by atoms with van der Waals surface area (Å²) >= 11 is 1.54. The molecule has 0 spiro atoms. The molecule has 176 valence electrons. The number of nitrogens with zero attached hydrogens (tertiary/aromatic N) is 4. The summed E-state index contributed by atoms with van der Waals surface area (Å²) in [7, 11) is 1.89. The van der Waals surface area contributed by atoms with Crippen LogP contribution in [0.15, 0.2) is 66.3 Å². The van der Waals surface area contributed by atoms with Gasteiger partial charge in [0.05, 0.1) is 28.8 Å². The number of pyridine rings is 1. The smallest absolute Gasteiger partial charge is 0.255 e. The van der Waals surface area contributed by atoms with Crippen LogP contribution >= 0.6 is 11.3 Å². The topological polar surface area (TPSA) is 63.1 Å². The third kappa shape index (κ3) is 5.54. The first-order valence-electron chi connectivity index (χ1n) is 11.7. The van der Waals surface area contributed by atoms with Gasteiger partial charge in [-0.05, 0) is 43.5 Å². The lowest BCUT2D eigenvalue weighted by Gasteiger charge is -2.17. The van der Waals surface area contributed by atoms with Crippen LogP contribution in [0.2, 0.25) is 0 Å². The normalized spacial score (nSPS) is 10.9. The van der Waals surface area contributed by atoms with E-state index < -0.39 is 0 Å². The summed E-state index contributed by atoms with van der Waals surface area (Å²) in [6.07, 6.45) is 6.46. The Morgan fingerprint density at radius 2 is 2.00 bits per heavy atom. The van der Waals surface area contributed by atoms with Crippen molar-refractivity contribution in [2.24, 2.45) is 0 Å². The Hall–Kier alpha value is -3.45. The SMILES string of the molecule is CCCCN(C)C(=O)c1cc(-c2csc(Nc3cccnc3)n2)n(CCc2ccccc2)c1C. The molecule has 0 saturated carbocycles. The minimum absolute atomic E-state index is 0.0644. The van der Waals surface area contributed by atoms with Crippen LogP contribution < -0.4 is 5.32 Å². The fourth-order valence-corrected chi connectivity index (χ4v) is 4.68. The van der Waals surface area contributed by atoms with Gasteiger partial charge in [-0.2, -0.15) is 0 Å². The molecule has 0 atom stereocenters. The highest BCUT2D eigenvalue weighted by atomic mass is 32.1. The molecule has 0 bridgehead atoms. The van der Waals surface area contributed by atoms with Gasteiger partial charge in [-0.3, -0.25) is 9.78 Å². The Morgan fingerprint density at radius 3 is 2.74 bits per heavy atom. The van der Waals surface area contributed by atoms with Gasteiger partial charge in [-0.15, -0.1) is 11.3 Å². The van der Waals surface area contributed by atoms with Crippen LogP contribution in [0, 0.1) is 6.92 Å². The van der Waals surface area contributed by atoms with Crippen molar-refractivity contribution >= 4 is 28.1 Å². The van der Waals surface area contributed by atoms with Gasteiger partial charge < -0.3 is 14.8 Å². The van der Waals surface area contributed by atoms with Crippen LogP contribution in [0.3, 0.4) is 0 Å². The van der Waals surface area contributed by atoms with Crippen LogP contribution in [0.5, 0.6) is 0 Å². The zero-order valence-corrected chi connectivity index (χ0v) is 20.8. The van der Waals surface area contributed by atoms with E-state index in [4.69, 9.17) is 4.98 Å². The van der Waals surface area contributed by atoms with E-state index in [0.29, 0.717) is 0 Å². The number of hydrogen-bond acceptors (Lipinski definition) is 5. The Labute approximate surface area is 205 Å². The third-order valence-electron chi connectivity index (χ3n) is 5.94. The van der Waals surface area contributed by atoms with Gasteiger partial charge in [-0.1, -0.05) is 43.7 Å². The molecule has 0 saturated heterocycles. The summed E-state index contributed by atoms with van der Waals surface area (Å²) in [5.74, 6) is 0.0644. The summed E-state index contributed by atoms with van der Waals surface area (Å²) in [4.78, 5) is 24.1. The number of aromatic nitrogens is 3. The molecule has 4 rings (SSSR count). The van der Waals surface area contributed by atoms with Crippen molar-refractivity contribution in [1.82, 2.24) is 19.4 Å². The number of anilines is 2. The Kier molecular flexibility index (Phi) is 7.75. The molecule has 0 aliphatic rings.